The van der Waals surface area contributed by atoms with Crippen LogP contribution in [0.2, 0.25) is 0 Å². The molecule has 1 saturated heterocycles. The van der Waals surface area contributed by atoms with Gasteiger partial charge in [-0.05, 0) is 11.0 Å². The normalized spacial score (nSPS) is 19.8. The van der Waals surface area contributed by atoms with Crippen molar-refractivity contribution in [2.24, 2.45) is 5.41 Å². The van der Waals surface area contributed by atoms with Crippen molar-refractivity contribution in [2.45, 2.75) is 32.7 Å². The second kappa shape index (κ2) is 5.07. The number of piperidine rings is 1. The lowest BCUT2D eigenvalue weighted by molar-refractivity contribution is -0.164. The molecule has 0 bridgehead atoms. The molecule has 1 aromatic carbocycles. The molecule has 0 aliphatic carbocycles. The Labute approximate surface area is 117 Å². The van der Waals surface area contributed by atoms with Crippen LogP contribution in [0.3, 0.4) is 0 Å². The third-order valence-corrected chi connectivity index (χ3v) is 3.40. The Hall–Kier alpha value is -2.17. The van der Waals surface area contributed by atoms with Crippen LogP contribution in [0.15, 0.2) is 30.3 Å². The van der Waals surface area contributed by atoms with E-state index in [9.17, 15) is 19.5 Å². The topological polar surface area (TPSA) is 74.7 Å². The van der Waals surface area contributed by atoms with Crippen LogP contribution < -0.4 is 0 Å². The van der Waals surface area contributed by atoms with Crippen LogP contribution in [0.4, 0.5) is 0 Å². The molecule has 5 nitrogen and oxygen atoms in total. The maximum absolute atomic E-state index is 12.2. The third kappa shape index (κ3) is 2.71. The summed E-state index contributed by atoms with van der Waals surface area (Å²) in [6.07, 6.45) is 0.352. The fourth-order valence-electron chi connectivity index (χ4n) is 2.52. The number of carboxylic acid groups (broad SMARTS) is 1. The molecular weight excluding hydrogens is 258 g/mol. The highest BCUT2D eigenvalue weighted by atomic mass is 16.4. The van der Waals surface area contributed by atoms with Crippen molar-refractivity contribution >= 4 is 17.8 Å². The predicted octanol–water partition coefficient (Wildman–Crippen LogP) is 1.99. The minimum Gasteiger partial charge on any atom is -0.479 e. The lowest BCUT2D eigenvalue weighted by Crippen LogP contribution is -2.49. The number of carbonyl (C=O) groups excluding carboxylic acids is 2. The van der Waals surface area contributed by atoms with Gasteiger partial charge in [-0.15, -0.1) is 0 Å². The standard InChI is InChI=1S/C15H17NO4/c1-15(2)8-11(17)16(12(18)9-15)13(14(19)20)10-6-4-3-5-7-10/h3-7,13H,8-9H2,1-2H3,(H,19,20). The molecule has 0 radical (unpaired) electrons. The monoisotopic (exact) mass is 275 g/mol. The largest absolute Gasteiger partial charge is 0.479 e. The average molecular weight is 275 g/mol. The summed E-state index contributed by atoms with van der Waals surface area (Å²) < 4.78 is 0. The van der Waals surface area contributed by atoms with Crippen LogP contribution >= 0.6 is 0 Å². The van der Waals surface area contributed by atoms with E-state index in [0.29, 0.717) is 5.56 Å². The zero-order valence-electron chi connectivity index (χ0n) is 11.5. The van der Waals surface area contributed by atoms with E-state index in [2.05, 4.69) is 0 Å². The molecule has 0 aromatic heterocycles. The molecule has 2 rings (SSSR count). The predicted molar refractivity (Wildman–Crippen MR) is 71.7 cm³/mol. The summed E-state index contributed by atoms with van der Waals surface area (Å²) >= 11 is 0. The number of hydrogen-bond donors (Lipinski definition) is 1. The Morgan fingerprint density at radius 1 is 1.15 bits per heavy atom. The van der Waals surface area contributed by atoms with Crippen LogP contribution in [-0.4, -0.2) is 27.8 Å². The van der Waals surface area contributed by atoms with E-state index in [4.69, 9.17) is 0 Å². The molecule has 1 heterocycles. The Balaban J connectivity index is 2.38. The van der Waals surface area contributed by atoms with Gasteiger partial charge in [0.25, 0.3) is 0 Å². The molecule has 2 amide bonds. The maximum Gasteiger partial charge on any atom is 0.331 e. The first kappa shape index (κ1) is 14.2. The Morgan fingerprint density at radius 3 is 2.10 bits per heavy atom. The zero-order chi connectivity index (χ0) is 14.9. The minimum absolute atomic E-state index is 0.176. The van der Waals surface area contributed by atoms with E-state index in [0.717, 1.165) is 4.90 Å². The first-order chi connectivity index (χ1) is 9.32. The molecule has 5 heteroatoms. The van der Waals surface area contributed by atoms with E-state index in [-0.39, 0.29) is 12.8 Å². The van der Waals surface area contributed by atoms with Gasteiger partial charge in [0.1, 0.15) is 0 Å². The lowest BCUT2D eigenvalue weighted by Gasteiger charge is -2.37. The molecule has 1 aromatic rings. The summed E-state index contributed by atoms with van der Waals surface area (Å²) in [5.74, 6) is -2.05. The average Bonchev–Trinajstić information content (AvgIpc) is 2.33. The van der Waals surface area contributed by atoms with Crippen molar-refractivity contribution in [1.29, 1.82) is 0 Å². The van der Waals surface area contributed by atoms with Crippen molar-refractivity contribution in [2.75, 3.05) is 0 Å². The number of rotatable bonds is 3. The molecule has 1 unspecified atom stereocenters. The first-order valence-corrected chi connectivity index (χ1v) is 6.44. The van der Waals surface area contributed by atoms with Gasteiger partial charge in [0.15, 0.2) is 6.04 Å². The summed E-state index contributed by atoms with van der Waals surface area (Å²) in [7, 11) is 0. The second-order valence-corrected chi connectivity index (χ2v) is 5.83. The third-order valence-electron chi connectivity index (χ3n) is 3.40. The molecule has 106 valence electrons. The van der Waals surface area contributed by atoms with Gasteiger partial charge in [0.2, 0.25) is 11.8 Å². The molecular formula is C15H17NO4. The minimum atomic E-state index is -1.24. The van der Waals surface area contributed by atoms with Gasteiger partial charge in [-0.2, -0.15) is 0 Å². The van der Waals surface area contributed by atoms with Crippen molar-refractivity contribution < 1.29 is 19.5 Å². The van der Waals surface area contributed by atoms with Crippen LogP contribution in [0.25, 0.3) is 0 Å². The lowest BCUT2D eigenvalue weighted by atomic mass is 9.81. The van der Waals surface area contributed by atoms with E-state index >= 15 is 0 Å². The van der Waals surface area contributed by atoms with Crippen LogP contribution in [0.5, 0.6) is 0 Å². The maximum atomic E-state index is 12.2. The van der Waals surface area contributed by atoms with Crippen molar-refractivity contribution in [3.63, 3.8) is 0 Å². The summed E-state index contributed by atoms with van der Waals surface area (Å²) in [4.78, 5) is 36.8. The number of benzene rings is 1. The first-order valence-electron chi connectivity index (χ1n) is 6.44. The van der Waals surface area contributed by atoms with Crippen molar-refractivity contribution in [1.82, 2.24) is 4.90 Å². The number of hydrogen-bond acceptors (Lipinski definition) is 3. The fourth-order valence-corrected chi connectivity index (χ4v) is 2.52. The number of imide groups is 1. The molecule has 1 atom stereocenters. The summed E-state index contributed by atoms with van der Waals surface area (Å²) in [6.45, 7) is 3.66. The van der Waals surface area contributed by atoms with Gasteiger partial charge in [0.05, 0.1) is 0 Å². The highest BCUT2D eigenvalue weighted by molar-refractivity contribution is 6.02. The molecule has 1 aliphatic heterocycles. The number of likely N-dealkylation sites (tertiary alicyclic amines) is 1. The zero-order valence-corrected chi connectivity index (χ0v) is 11.5. The quantitative estimate of drug-likeness (QED) is 0.856. The van der Waals surface area contributed by atoms with Crippen LogP contribution in [-0.2, 0) is 14.4 Å². The van der Waals surface area contributed by atoms with Gasteiger partial charge < -0.3 is 5.11 Å². The fraction of sp³-hybridized carbons (Fsp3) is 0.400. The summed E-state index contributed by atoms with van der Waals surface area (Å²) in [5.41, 5.74) is 0.0196. The van der Waals surface area contributed by atoms with Gasteiger partial charge in [-0.3, -0.25) is 14.5 Å². The van der Waals surface area contributed by atoms with E-state index < -0.39 is 29.2 Å². The van der Waals surface area contributed by atoms with Crippen molar-refractivity contribution in [3.05, 3.63) is 35.9 Å². The Kier molecular flexibility index (Phi) is 3.61. The highest BCUT2D eigenvalue weighted by Gasteiger charge is 2.43. The highest BCUT2D eigenvalue weighted by Crippen LogP contribution is 2.35. The second-order valence-electron chi connectivity index (χ2n) is 5.83. The number of carbonyl (C=O) groups is 3. The van der Waals surface area contributed by atoms with Crippen LogP contribution in [0.1, 0.15) is 38.3 Å². The summed E-state index contributed by atoms with van der Waals surface area (Å²) in [5, 5.41) is 9.40. The van der Waals surface area contributed by atoms with Gasteiger partial charge >= 0.3 is 5.97 Å². The van der Waals surface area contributed by atoms with Gasteiger partial charge in [-0.25, -0.2) is 4.79 Å². The van der Waals surface area contributed by atoms with Gasteiger partial charge in [-0.1, -0.05) is 44.2 Å². The van der Waals surface area contributed by atoms with E-state index in [1.807, 2.05) is 13.8 Å². The molecule has 1 N–H and O–H groups in total. The van der Waals surface area contributed by atoms with E-state index in [1.54, 1.807) is 30.3 Å². The molecule has 0 spiro atoms. The number of amides is 2. The number of carboxylic acids is 1. The molecule has 1 fully saturated rings. The molecule has 0 saturated carbocycles. The van der Waals surface area contributed by atoms with E-state index in [1.165, 1.54) is 0 Å². The number of aliphatic carboxylic acids is 1. The molecule has 1 aliphatic rings. The number of nitrogens with zero attached hydrogens (tertiary/aromatic N) is 1. The smallest absolute Gasteiger partial charge is 0.331 e. The molecule has 20 heavy (non-hydrogen) atoms. The van der Waals surface area contributed by atoms with Gasteiger partial charge in [0, 0.05) is 12.8 Å². The van der Waals surface area contributed by atoms with Crippen LogP contribution in [0, 0.1) is 5.41 Å². The Morgan fingerprint density at radius 2 is 1.65 bits per heavy atom. The SMILES string of the molecule is CC1(C)CC(=O)N(C(C(=O)O)c2ccccc2)C(=O)C1. The summed E-state index contributed by atoms with van der Waals surface area (Å²) in [6, 6.07) is 7.11. The Bertz CT molecular complexity index is 530. The van der Waals surface area contributed by atoms with Crippen molar-refractivity contribution in [3.8, 4) is 0 Å².